The van der Waals surface area contributed by atoms with Crippen molar-refractivity contribution in [1.82, 2.24) is 10.2 Å². The van der Waals surface area contributed by atoms with Crippen LogP contribution in [0, 0.1) is 5.92 Å². The van der Waals surface area contributed by atoms with Crippen LogP contribution in [0.1, 0.15) is 38.2 Å². The molecule has 2 aliphatic rings. The molecule has 1 amide bonds. The van der Waals surface area contributed by atoms with Gasteiger partial charge >= 0.3 is 0 Å². The molecular formula is C18H27N3O. The van der Waals surface area contributed by atoms with E-state index in [4.69, 9.17) is 0 Å². The number of hydrogen-bond acceptors (Lipinski definition) is 3. The highest BCUT2D eigenvalue weighted by Crippen LogP contribution is 2.28. The minimum Gasteiger partial charge on any atom is -0.326 e. The molecule has 1 aliphatic carbocycles. The minimum absolute atomic E-state index is 0.0199. The van der Waals surface area contributed by atoms with Crippen molar-refractivity contribution in [1.29, 1.82) is 0 Å². The van der Waals surface area contributed by atoms with E-state index in [0.29, 0.717) is 0 Å². The van der Waals surface area contributed by atoms with Crippen molar-refractivity contribution < 1.29 is 4.79 Å². The quantitative estimate of drug-likeness (QED) is 0.849. The van der Waals surface area contributed by atoms with Gasteiger partial charge in [-0.3, -0.25) is 9.69 Å². The summed E-state index contributed by atoms with van der Waals surface area (Å²) in [5.74, 6) is 0.952. The number of likely N-dealkylation sites (tertiary alicyclic amines) is 1. The maximum absolute atomic E-state index is 11.0. The second kappa shape index (κ2) is 7.25. The second-order valence-corrected chi connectivity index (χ2v) is 6.78. The number of rotatable bonds is 6. The topological polar surface area (TPSA) is 44.4 Å². The summed E-state index contributed by atoms with van der Waals surface area (Å²) in [6, 6.07) is 8.92. The second-order valence-electron chi connectivity index (χ2n) is 6.78. The summed E-state index contributed by atoms with van der Waals surface area (Å²) in [4.78, 5) is 13.6. The van der Waals surface area contributed by atoms with Crippen molar-refractivity contribution in [2.45, 2.75) is 45.2 Å². The number of amides is 1. The molecule has 1 saturated carbocycles. The first-order valence-electron chi connectivity index (χ1n) is 8.51. The van der Waals surface area contributed by atoms with Crippen LogP contribution in [0.25, 0.3) is 0 Å². The van der Waals surface area contributed by atoms with Crippen LogP contribution in [0.3, 0.4) is 0 Å². The van der Waals surface area contributed by atoms with E-state index in [0.717, 1.165) is 24.2 Å². The largest absolute Gasteiger partial charge is 0.326 e. The third-order valence-electron chi connectivity index (χ3n) is 4.66. The van der Waals surface area contributed by atoms with Gasteiger partial charge in [-0.2, -0.15) is 0 Å². The molecule has 0 aromatic heterocycles. The highest BCUT2D eigenvalue weighted by atomic mass is 16.1. The zero-order valence-corrected chi connectivity index (χ0v) is 13.5. The van der Waals surface area contributed by atoms with Crippen molar-refractivity contribution in [3.05, 3.63) is 29.8 Å². The number of nitrogens with one attached hydrogen (secondary N) is 2. The first-order chi connectivity index (χ1) is 10.7. The molecule has 2 N–H and O–H groups in total. The smallest absolute Gasteiger partial charge is 0.221 e. The van der Waals surface area contributed by atoms with E-state index in [-0.39, 0.29) is 5.91 Å². The lowest BCUT2D eigenvalue weighted by molar-refractivity contribution is -0.114. The Bertz CT molecular complexity index is 488. The van der Waals surface area contributed by atoms with E-state index in [1.54, 1.807) is 0 Å². The Morgan fingerprint density at radius 3 is 2.41 bits per heavy atom. The van der Waals surface area contributed by atoms with Crippen molar-refractivity contribution in [3.8, 4) is 0 Å². The van der Waals surface area contributed by atoms with Crippen LogP contribution in [0.5, 0.6) is 0 Å². The molecule has 0 unspecified atom stereocenters. The average molecular weight is 301 g/mol. The van der Waals surface area contributed by atoms with Gasteiger partial charge in [-0.05, 0) is 68.9 Å². The van der Waals surface area contributed by atoms with Crippen molar-refractivity contribution in [2.75, 3.05) is 25.0 Å². The van der Waals surface area contributed by atoms with E-state index < -0.39 is 0 Å². The molecule has 4 nitrogen and oxygen atoms in total. The Morgan fingerprint density at radius 1 is 1.14 bits per heavy atom. The molecule has 0 atom stereocenters. The summed E-state index contributed by atoms with van der Waals surface area (Å²) < 4.78 is 0. The molecule has 22 heavy (non-hydrogen) atoms. The fourth-order valence-electron chi connectivity index (χ4n) is 3.11. The van der Waals surface area contributed by atoms with E-state index in [9.17, 15) is 4.79 Å². The van der Waals surface area contributed by atoms with Gasteiger partial charge in [0.15, 0.2) is 0 Å². The van der Waals surface area contributed by atoms with Crippen LogP contribution in [-0.4, -0.2) is 36.5 Å². The molecule has 1 heterocycles. The number of carbonyl (C=O) groups excluding carboxylic acids is 1. The van der Waals surface area contributed by atoms with Gasteiger partial charge in [0.2, 0.25) is 5.91 Å². The Kier molecular flexibility index (Phi) is 5.11. The van der Waals surface area contributed by atoms with Crippen LogP contribution in [0.2, 0.25) is 0 Å². The van der Waals surface area contributed by atoms with Crippen LogP contribution >= 0.6 is 0 Å². The highest BCUT2D eigenvalue weighted by molar-refractivity contribution is 5.88. The molecule has 0 radical (unpaired) electrons. The van der Waals surface area contributed by atoms with Gasteiger partial charge in [0.05, 0.1) is 0 Å². The Morgan fingerprint density at radius 2 is 1.82 bits per heavy atom. The first-order valence-corrected chi connectivity index (χ1v) is 8.51. The molecule has 120 valence electrons. The molecule has 1 aliphatic heterocycles. The number of benzene rings is 1. The lowest BCUT2D eigenvalue weighted by Crippen LogP contribution is -2.42. The lowest BCUT2D eigenvalue weighted by Gasteiger charge is -2.32. The summed E-state index contributed by atoms with van der Waals surface area (Å²) in [5, 5.41) is 6.54. The third-order valence-corrected chi connectivity index (χ3v) is 4.66. The van der Waals surface area contributed by atoms with Gasteiger partial charge in [-0.1, -0.05) is 12.1 Å². The molecule has 1 saturated heterocycles. The fourth-order valence-corrected chi connectivity index (χ4v) is 3.11. The van der Waals surface area contributed by atoms with Crippen molar-refractivity contribution in [2.24, 2.45) is 5.92 Å². The van der Waals surface area contributed by atoms with Gasteiger partial charge in [0.25, 0.3) is 0 Å². The van der Waals surface area contributed by atoms with Gasteiger partial charge in [0, 0.05) is 25.2 Å². The Hall–Kier alpha value is -1.39. The average Bonchev–Trinajstić information content (AvgIpc) is 3.32. The van der Waals surface area contributed by atoms with E-state index >= 15 is 0 Å². The zero-order chi connectivity index (χ0) is 15.4. The van der Waals surface area contributed by atoms with Crippen molar-refractivity contribution in [3.63, 3.8) is 0 Å². The molecular weight excluding hydrogens is 274 g/mol. The van der Waals surface area contributed by atoms with Crippen LogP contribution in [-0.2, 0) is 11.3 Å². The maximum atomic E-state index is 11.0. The summed E-state index contributed by atoms with van der Waals surface area (Å²) in [7, 11) is 0. The van der Waals surface area contributed by atoms with E-state index in [1.807, 2.05) is 12.1 Å². The van der Waals surface area contributed by atoms with Crippen LogP contribution in [0.15, 0.2) is 24.3 Å². The number of nitrogens with zero attached hydrogens (tertiary/aromatic N) is 1. The predicted octanol–water partition coefficient (Wildman–Crippen LogP) is 2.61. The zero-order valence-electron chi connectivity index (χ0n) is 13.5. The summed E-state index contributed by atoms with van der Waals surface area (Å²) in [5.41, 5.74) is 2.19. The molecule has 0 spiro atoms. The SMILES string of the molecule is CC(=O)Nc1ccc(CN2CCC(NCC3CC3)CC2)cc1. The number of piperidine rings is 1. The first kappa shape index (κ1) is 15.5. The Labute approximate surface area is 133 Å². The van der Waals surface area contributed by atoms with Crippen LogP contribution in [0.4, 0.5) is 5.69 Å². The van der Waals surface area contributed by atoms with Gasteiger partial charge in [0.1, 0.15) is 0 Å². The monoisotopic (exact) mass is 301 g/mol. The maximum Gasteiger partial charge on any atom is 0.221 e. The normalized spacial score (nSPS) is 20.0. The molecule has 1 aromatic carbocycles. The third kappa shape index (κ3) is 4.82. The highest BCUT2D eigenvalue weighted by Gasteiger charge is 2.24. The van der Waals surface area contributed by atoms with Crippen LogP contribution < -0.4 is 10.6 Å². The van der Waals surface area contributed by atoms with Gasteiger partial charge < -0.3 is 10.6 Å². The van der Waals surface area contributed by atoms with E-state index in [2.05, 4.69) is 27.7 Å². The number of anilines is 1. The predicted molar refractivity (Wildman–Crippen MR) is 89.8 cm³/mol. The lowest BCUT2D eigenvalue weighted by atomic mass is 10.0. The standard InChI is InChI=1S/C18H27N3O/c1-14(22)20-18-6-4-16(5-7-18)13-21-10-8-17(9-11-21)19-12-15-2-3-15/h4-7,15,17,19H,2-3,8-13H2,1H3,(H,20,22). The van der Waals surface area contributed by atoms with Gasteiger partial charge in [-0.25, -0.2) is 0 Å². The number of carbonyl (C=O) groups is 1. The van der Waals surface area contributed by atoms with Gasteiger partial charge in [-0.15, -0.1) is 0 Å². The molecule has 4 heteroatoms. The minimum atomic E-state index is -0.0199. The molecule has 0 bridgehead atoms. The molecule has 1 aromatic rings. The molecule has 3 rings (SSSR count). The van der Waals surface area contributed by atoms with E-state index in [1.165, 1.54) is 57.8 Å². The fraction of sp³-hybridized carbons (Fsp3) is 0.611. The number of hydrogen-bond donors (Lipinski definition) is 2. The summed E-state index contributed by atoms with van der Waals surface area (Å²) >= 11 is 0. The van der Waals surface area contributed by atoms with Crippen molar-refractivity contribution >= 4 is 11.6 Å². The Balaban J connectivity index is 1.40. The molecule has 2 fully saturated rings. The summed E-state index contributed by atoms with van der Waals surface area (Å²) in [6.07, 6.45) is 5.38. The summed E-state index contributed by atoms with van der Waals surface area (Å²) in [6.45, 7) is 6.13.